The lowest BCUT2D eigenvalue weighted by atomic mass is 10.3. The number of carbonyl (C=O) groups excluding carboxylic acids is 1. The standard InChI is InChI=1S/C12H17ClNO3S/c1-14(2)12(15)17-9-7-10(16-3)11(18(4)5)6-8(9)13/h6-7H,1-5H3/q+1. The normalized spacial score (nSPS) is 10.4. The van der Waals surface area contributed by atoms with E-state index in [1.54, 1.807) is 33.3 Å². The summed E-state index contributed by atoms with van der Waals surface area (Å²) in [7, 11) is 4.81. The van der Waals surface area contributed by atoms with E-state index in [0.29, 0.717) is 16.5 Å². The molecule has 0 saturated heterocycles. The highest BCUT2D eigenvalue weighted by Gasteiger charge is 2.21. The lowest BCUT2D eigenvalue weighted by Crippen LogP contribution is -2.25. The second-order valence-electron chi connectivity index (χ2n) is 4.01. The minimum atomic E-state index is -0.473. The summed E-state index contributed by atoms with van der Waals surface area (Å²) in [4.78, 5) is 13.8. The number of carbonyl (C=O) groups is 1. The van der Waals surface area contributed by atoms with Crippen molar-refractivity contribution < 1.29 is 14.3 Å². The predicted octanol–water partition coefficient (Wildman–Crippen LogP) is 2.65. The van der Waals surface area contributed by atoms with Crippen molar-refractivity contribution in [3.8, 4) is 11.5 Å². The largest absolute Gasteiger partial charge is 0.491 e. The van der Waals surface area contributed by atoms with Gasteiger partial charge in [-0.3, -0.25) is 0 Å². The second-order valence-corrected chi connectivity index (χ2v) is 6.49. The van der Waals surface area contributed by atoms with Gasteiger partial charge in [0, 0.05) is 37.1 Å². The van der Waals surface area contributed by atoms with E-state index in [1.807, 2.05) is 0 Å². The first-order valence-electron chi connectivity index (χ1n) is 5.21. The molecular formula is C12H17ClNO3S+. The second kappa shape index (κ2) is 6.20. The van der Waals surface area contributed by atoms with Gasteiger partial charge in [0.25, 0.3) is 0 Å². The lowest BCUT2D eigenvalue weighted by molar-refractivity contribution is 0.171. The van der Waals surface area contributed by atoms with Gasteiger partial charge in [0.05, 0.1) is 12.1 Å². The smallest absolute Gasteiger partial charge is 0.414 e. The quantitative estimate of drug-likeness (QED) is 0.803. The van der Waals surface area contributed by atoms with Crippen molar-refractivity contribution in [1.29, 1.82) is 0 Å². The number of methoxy groups -OCH3 is 1. The molecule has 0 spiro atoms. The Morgan fingerprint density at radius 2 is 1.89 bits per heavy atom. The molecule has 0 bridgehead atoms. The molecule has 0 heterocycles. The molecule has 1 aromatic carbocycles. The minimum absolute atomic E-state index is 0.00925. The van der Waals surface area contributed by atoms with E-state index in [2.05, 4.69) is 12.5 Å². The summed E-state index contributed by atoms with van der Waals surface area (Å²) >= 11 is 6.10. The first kappa shape index (κ1) is 15.0. The Bertz CT molecular complexity index is 449. The first-order chi connectivity index (χ1) is 8.36. The molecule has 100 valence electrons. The molecule has 0 saturated carbocycles. The van der Waals surface area contributed by atoms with Crippen LogP contribution in [0.15, 0.2) is 17.0 Å². The summed E-state index contributed by atoms with van der Waals surface area (Å²) in [6.07, 6.45) is 3.66. The zero-order chi connectivity index (χ0) is 13.9. The highest BCUT2D eigenvalue weighted by molar-refractivity contribution is 7.95. The van der Waals surface area contributed by atoms with Crippen LogP contribution >= 0.6 is 11.6 Å². The zero-order valence-electron chi connectivity index (χ0n) is 11.1. The maximum absolute atomic E-state index is 11.5. The van der Waals surface area contributed by atoms with Crippen molar-refractivity contribution in [3.05, 3.63) is 17.2 Å². The molecular weight excluding hydrogens is 274 g/mol. The van der Waals surface area contributed by atoms with Crippen molar-refractivity contribution >= 4 is 28.6 Å². The summed E-state index contributed by atoms with van der Waals surface area (Å²) in [5, 5.41) is 0.405. The average molecular weight is 291 g/mol. The molecule has 0 aromatic heterocycles. The molecule has 6 heteroatoms. The predicted molar refractivity (Wildman–Crippen MR) is 75.2 cm³/mol. The van der Waals surface area contributed by atoms with Crippen LogP contribution in [-0.2, 0) is 10.9 Å². The number of nitrogens with zero attached hydrogens (tertiary/aromatic N) is 1. The Hall–Kier alpha value is -1.07. The zero-order valence-corrected chi connectivity index (χ0v) is 12.7. The Balaban J connectivity index is 3.11. The maximum atomic E-state index is 11.5. The van der Waals surface area contributed by atoms with Gasteiger partial charge in [-0.05, 0) is 0 Å². The highest BCUT2D eigenvalue weighted by atomic mass is 35.5. The van der Waals surface area contributed by atoms with Gasteiger partial charge in [-0.15, -0.1) is 0 Å². The van der Waals surface area contributed by atoms with Crippen LogP contribution < -0.4 is 9.47 Å². The molecule has 1 amide bonds. The third-order valence-electron chi connectivity index (χ3n) is 2.22. The molecule has 0 N–H and O–H groups in total. The van der Waals surface area contributed by atoms with Crippen LogP contribution in [0.25, 0.3) is 0 Å². The van der Waals surface area contributed by atoms with Crippen molar-refractivity contribution in [3.63, 3.8) is 0 Å². The fourth-order valence-corrected chi connectivity index (χ4v) is 2.42. The fourth-order valence-electron chi connectivity index (χ4n) is 1.26. The van der Waals surface area contributed by atoms with E-state index in [1.165, 1.54) is 4.90 Å². The van der Waals surface area contributed by atoms with Crippen molar-refractivity contribution in [1.82, 2.24) is 4.90 Å². The summed E-state index contributed by atoms with van der Waals surface area (Å²) in [6, 6.07) is 3.42. The van der Waals surface area contributed by atoms with E-state index in [-0.39, 0.29) is 10.9 Å². The number of ether oxygens (including phenoxy) is 2. The number of amides is 1. The van der Waals surface area contributed by atoms with Crippen molar-refractivity contribution in [2.75, 3.05) is 33.7 Å². The Morgan fingerprint density at radius 1 is 1.28 bits per heavy atom. The molecule has 1 aromatic rings. The molecule has 0 fully saturated rings. The van der Waals surface area contributed by atoms with Crippen LogP contribution in [0.4, 0.5) is 4.79 Å². The van der Waals surface area contributed by atoms with Gasteiger partial charge in [0.2, 0.25) is 0 Å². The molecule has 0 unspecified atom stereocenters. The van der Waals surface area contributed by atoms with Crippen LogP contribution in [0.5, 0.6) is 11.5 Å². The monoisotopic (exact) mass is 290 g/mol. The molecule has 0 aliphatic rings. The molecule has 0 atom stereocenters. The number of halogens is 1. The Kier molecular flexibility index (Phi) is 5.16. The number of hydrogen-bond acceptors (Lipinski definition) is 3. The van der Waals surface area contributed by atoms with Crippen LogP contribution in [-0.4, -0.2) is 44.7 Å². The van der Waals surface area contributed by atoms with Gasteiger partial charge in [-0.25, -0.2) is 4.79 Å². The van der Waals surface area contributed by atoms with Gasteiger partial charge in [0.15, 0.2) is 16.4 Å². The number of hydrogen-bond donors (Lipinski definition) is 0. The van der Waals surface area contributed by atoms with Crippen LogP contribution in [0.2, 0.25) is 5.02 Å². The van der Waals surface area contributed by atoms with E-state index in [9.17, 15) is 4.79 Å². The van der Waals surface area contributed by atoms with Gasteiger partial charge in [0.1, 0.15) is 12.5 Å². The summed E-state index contributed by atoms with van der Waals surface area (Å²) in [6.45, 7) is 0. The highest BCUT2D eigenvalue weighted by Crippen LogP contribution is 2.35. The third kappa shape index (κ3) is 3.46. The summed E-state index contributed by atoms with van der Waals surface area (Å²) in [5.74, 6) is 0.982. The first-order valence-corrected chi connectivity index (χ1v) is 7.63. The van der Waals surface area contributed by atoms with E-state index < -0.39 is 6.09 Å². The van der Waals surface area contributed by atoms with Crippen LogP contribution in [0.1, 0.15) is 0 Å². The van der Waals surface area contributed by atoms with E-state index in [4.69, 9.17) is 21.1 Å². The Morgan fingerprint density at radius 3 is 2.33 bits per heavy atom. The molecule has 18 heavy (non-hydrogen) atoms. The van der Waals surface area contributed by atoms with Crippen molar-refractivity contribution in [2.24, 2.45) is 0 Å². The molecule has 0 aliphatic heterocycles. The fraction of sp³-hybridized carbons (Fsp3) is 0.417. The van der Waals surface area contributed by atoms with Gasteiger partial charge in [-0.1, -0.05) is 11.6 Å². The van der Waals surface area contributed by atoms with Crippen LogP contribution in [0, 0.1) is 0 Å². The van der Waals surface area contributed by atoms with Crippen molar-refractivity contribution in [2.45, 2.75) is 4.90 Å². The van der Waals surface area contributed by atoms with Gasteiger partial charge in [-0.2, -0.15) is 0 Å². The maximum Gasteiger partial charge on any atom is 0.414 e. The number of benzene rings is 1. The molecule has 1 rings (SSSR count). The summed E-state index contributed by atoms with van der Waals surface area (Å²) < 4.78 is 10.4. The molecule has 0 radical (unpaired) electrons. The summed E-state index contributed by atoms with van der Waals surface area (Å²) in [5.41, 5.74) is 0. The molecule has 0 aliphatic carbocycles. The van der Waals surface area contributed by atoms with Gasteiger partial charge < -0.3 is 14.4 Å². The molecule has 4 nitrogen and oxygen atoms in total. The minimum Gasteiger partial charge on any atom is -0.491 e. The third-order valence-corrected chi connectivity index (χ3v) is 3.71. The van der Waals surface area contributed by atoms with Gasteiger partial charge >= 0.3 is 6.09 Å². The topological polar surface area (TPSA) is 38.8 Å². The Labute approximate surface area is 115 Å². The number of rotatable bonds is 3. The van der Waals surface area contributed by atoms with E-state index in [0.717, 1.165) is 4.90 Å². The van der Waals surface area contributed by atoms with Crippen LogP contribution in [0.3, 0.4) is 0 Å². The lowest BCUT2D eigenvalue weighted by Gasteiger charge is -2.13. The SMILES string of the molecule is COc1cc(OC(=O)N(C)C)c(Cl)cc1[S+](C)C. The van der Waals surface area contributed by atoms with E-state index >= 15 is 0 Å². The average Bonchev–Trinajstić information content (AvgIpc) is 2.30.